The lowest BCUT2D eigenvalue weighted by Crippen LogP contribution is -2.59. The van der Waals surface area contributed by atoms with Crippen molar-refractivity contribution in [2.75, 3.05) is 24.5 Å². The number of nitrogens with zero attached hydrogens (tertiary/aromatic N) is 3. The monoisotopic (exact) mass is 442 g/mol. The van der Waals surface area contributed by atoms with E-state index in [1.807, 2.05) is 25.7 Å². The number of nitrogens with one attached hydrogen (secondary N) is 1. The third-order valence-electron chi connectivity index (χ3n) is 6.41. The van der Waals surface area contributed by atoms with Crippen molar-refractivity contribution in [1.29, 1.82) is 0 Å². The van der Waals surface area contributed by atoms with Gasteiger partial charge in [0.05, 0.1) is 17.2 Å². The summed E-state index contributed by atoms with van der Waals surface area (Å²) in [6, 6.07) is 3.70. The maximum Gasteiger partial charge on any atom is 0.407 e. The summed E-state index contributed by atoms with van der Waals surface area (Å²) in [6.07, 6.45) is -0.788. The molecule has 3 heterocycles. The fourth-order valence-electron chi connectivity index (χ4n) is 4.64. The largest absolute Gasteiger partial charge is 0.465 e. The van der Waals surface area contributed by atoms with E-state index in [1.54, 1.807) is 18.2 Å². The average Bonchev–Trinajstić information content (AvgIpc) is 2.97. The van der Waals surface area contributed by atoms with Gasteiger partial charge >= 0.3 is 6.09 Å². The minimum atomic E-state index is -1.01. The number of hydrogen-bond donors (Lipinski definition) is 2. The number of carbonyl (C=O) groups excluding carboxylic acids is 4. The first kappa shape index (κ1) is 21.8. The molecule has 3 aliphatic heterocycles. The van der Waals surface area contributed by atoms with Crippen LogP contribution in [0, 0.1) is 5.41 Å². The van der Waals surface area contributed by atoms with Gasteiger partial charge in [0, 0.05) is 31.7 Å². The Balaban J connectivity index is 1.60. The van der Waals surface area contributed by atoms with Gasteiger partial charge < -0.3 is 14.9 Å². The highest BCUT2D eigenvalue weighted by molar-refractivity contribution is 6.23. The summed E-state index contributed by atoms with van der Waals surface area (Å²) in [5.74, 6) is -2.17. The van der Waals surface area contributed by atoms with Crippen LogP contribution >= 0.6 is 0 Å². The van der Waals surface area contributed by atoms with Gasteiger partial charge in [-0.15, -0.1) is 0 Å². The highest BCUT2D eigenvalue weighted by Crippen LogP contribution is 2.33. The molecule has 170 valence electrons. The van der Waals surface area contributed by atoms with Crippen molar-refractivity contribution >= 4 is 35.4 Å². The van der Waals surface area contributed by atoms with E-state index in [0.717, 1.165) is 4.90 Å². The molecular formula is C22H26N4O6. The Morgan fingerprint density at radius 1 is 1.06 bits per heavy atom. The lowest BCUT2D eigenvalue weighted by atomic mass is 9.84. The molecule has 2 unspecified atom stereocenters. The third kappa shape index (κ3) is 3.59. The van der Waals surface area contributed by atoms with Crippen LogP contribution in [0.2, 0.25) is 0 Å². The van der Waals surface area contributed by atoms with Crippen molar-refractivity contribution in [1.82, 2.24) is 15.1 Å². The molecular weight excluding hydrogens is 416 g/mol. The normalized spacial score (nSPS) is 24.0. The minimum absolute atomic E-state index is 0.0666. The van der Waals surface area contributed by atoms with Crippen LogP contribution in [0.4, 0.5) is 10.5 Å². The maximum absolute atomic E-state index is 13.1. The van der Waals surface area contributed by atoms with E-state index in [-0.39, 0.29) is 35.4 Å². The van der Waals surface area contributed by atoms with Gasteiger partial charge in [-0.1, -0.05) is 20.8 Å². The van der Waals surface area contributed by atoms with Crippen molar-refractivity contribution in [3.8, 4) is 0 Å². The summed E-state index contributed by atoms with van der Waals surface area (Å²) in [5.41, 5.74) is 0.863. The molecule has 0 spiro atoms. The molecule has 0 saturated carbocycles. The number of fused-ring (bicyclic) bond motifs is 1. The van der Waals surface area contributed by atoms with Crippen molar-refractivity contribution < 1.29 is 29.1 Å². The number of imide groups is 2. The van der Waals surface area contributed by atoms with E-state index < -0.39 is 35.8 Å². The van der Waals surface area contributed by atoms with Crippen LogP contribution in [-0.2, 0) is 9.59 Å². The van der Waals surface area contributed by atoms with Gasteiger partial charge in [-0.3, -0.25) is 29.4 Å². The Labute approximate surface area is 185 Å². The molecule has 2 fully saturated rings. The number of amides is 5. The lowest BCUT2D eigenvalue weighted by molar-refractivity contribution is -0.136. The van der Waals surface area contributed by atoms with Crippen molar-refractivity contribution in [3.63, 3.8) is 0 Å². The van der Waals surface area contributed by atoms with Crippen LogP contribution in [0.5, 0.6) is 0 Å². The van der Waals surface area contributed by atoms with Gasteiger partial charge in [0.2, 0.25) is 11.8 Å². The molecule has 0 radical (unpaired) electrons. The number of carboxylic acid groups (broad SMARTS) is 1. The first-order valence-electron chi connectivity index (χ1n) is 10.6. The van der Waals surface area contributed by atoms with Gasteiger partial charge in [-0.05, 0) is 30.0 Å². The lowest BCUT2D eigenvalue weighted by Gasteiger charge is -2.46. The molecule has 32 heavy (non-hydrogen) atoms. The summed E-state index contributed by atoms with van der Waals surface area (Å²) in [6.45, 7) is 7.19. The van der Waals surface area contributed by atoms with Crippen LogP contribution < -0.4 is 10.2 Å². The highest BCUT2D eigenvalue weighted by atomic mass is 16.4. The van der Waals surface area contributed by atoms with Crippen LogP contribution in [-0.4, -0.2) is 76.3 Å². The molecule has 0 aromatic heterocycles. The van der Waals surface area contributed by atoms with Crippen molar-refractivity contribution in [2.45, 2.75) is 45.7 Å². The number of benzene rings is 1. The van der Waals surface area contributed by atoms with E-state index in [1.165, 1.54) is 4.90 Å². The molecule has 0 aliphatic carbocycles. The second-order valence-electron chi connectivity index (χ2n) is 9.48. The summed E-state index contributed by atoms with van der Waals surface area (Å²) in [7, 11) is 0. The molecule has 10 heteroatoms. The fourth-order valence-corrected chi connectivity index (χ4v) is 4.64. The van der Waals surface area contributed by atoms with E-state index in [2.05, 4.69) is 5.32 Å². The van der Waals surface area contributed by atoms with Crippen molar-refractivity contribution in [2.24, 2.45) is 5.41 Å². The Morgan fingerprint density at radius 3 is 2.38 bits per heavy atom. The van der Waals surface area contributed by atoms with Gasteiger partial charge in [0.1, 0.15) is 6.04 Å². The number of carbonyl (C=O) groups is 5. The van der Waals surface area contributed by atoms with Gasteiger partial charge in [-0.2, -0.15) is 0 Å². The first-order valence-corrected chi connectivity index (χ1v) is 10.6. The Morgan fingerprint density at radius 2 is 1.75 bits per heavy atom. The quantitative estimate of drug-likeness (QED) is 0.661. The molecule has 0 bridgehead atoms. The van der Waals surface area contributed by atoms with E-state index in [4.69, 9.17) is 0 Å². The summed E-state index contributed by atoms with van der Waals surface area (Å²) >= 11 is 0. The zero-order valence-electron chi connectivity index (χ0n) is 18.3. The van der Waals surface area contributed by atoms with E-state index >= 15 is 0 Å². The zero-order chi connectivity index (χ0) is 23.4. The Hall–Kier alpha value is -3.43. The van der Waals surface area contributed by atoms with Crippen molar-refractivity contribution in [3.05, 3.63) is 29.3 Å². The average molecular weight is 442 g/mol. The van der Waals surface area contributed by atoms with E-state index in [9.17, 15) is 29.1 Å². The molecule has 2 N–H and O–H groups in total. The van der Waals surface area contributed by atoms with Crippen LogP contribution in [0.1, 0.15) is 54.3 Å². The molecule has 2 saturated heterocycles. The number of rotatable bonds is 2. The minimum Gasteiger partial charge on any atom is -0.465 e. The SMILES string of the molecule is CC(C)(C)C1CN(c2ccc3c(c2)C(=O)N(C2CCC(=O)NC2=O)C3=O)CCN1C(=O)O. The van der Waals surface area contributed by atoms with Gasteiger partial charge in [0.25, 0.3) is 11.8 Å². The van der Waals surface area contributed by atoms with Crippen LogP contribution in [0.25, 0.3) is 0 Å². The molecule has 1 aromatic rings. The standard InChI is InChI=1S/C22H26N4O6/c1-22(2,3)16-11-24(8-9-25(16)21(31)32)12-4-5-13-14(10-12)20(30)26(19(13)29)15-6-7-17(27)23-18(15)28/h4-5,10,15-16H,6-9,11H2,1-3H3,(H,31,32)(H,23,27,28). The number of hydrogen-bond acceptors (Lipinski definition) is 6. The molecule has 2 atom stereocenters. The summed E-state index contributed by atoms with van der Waals surface area (Å²) < 4.78 is 0. The number of anilines is 1. The topological polar surface area (TPSA) is 127 Å². The molecule has 3 aliphatic rings. The summed E-state index contributed by atoms with van der Waals surface area (Å²) in [4.78, 5) is 65.7. The van der Waals surface area contributed by atoms with Crippen LogP contribution in [0.3, 0.4) is 0 Å². The maximum atomic E-state index is 13.1. The highest BCUT2D eigenvalue weighted by Gasteiger charge is 2.45. The Kier molecular flexibility index (Phi) is 5.18. The molecule has 1 aromatic carbocycles. The van der Waals surface area contributed by atoms with E-state index in [0.29, 0.717) is 25.3 Å². The predicted octanol–water partition coefficient (Wildman–Crippen LogP) is 1.30. The van der Waals surface area contributed by atoms with Crippen LogP contribution in [0.15, 0.2) is 18.2 Å². The molecule has 5 amide bonds. The zero-order valence-corrected chi connectivity index (χ0v) is 18.3. The second kappa shape index (κ2) is 7.61. The van der Waals surface area contributed by atoms with Gasteiger partial charge in [0.15, 0.2) is 0 Å². The number of piperazine rings is 1. The number of piperidine rings is 1. The molecule has 10 nitrogen and oxygen atoms in total. The van der Waals surface area contributed by atoms with Gasteiger partial charge in [-0.25, -0.2) is 4.79 Å². The third-order valence-corrected chi connectivity index (χ3v) is 6.41. The predicted molar refractivity (Wildman–Crippen MR) is 113 cm³/mol. The Bertz CT molecular complexity index is 1030. The smallest absolute Gasteiger partial charge is 0.407 e. The fraction of sp³-hybridized carbons (Fsp3) is 0.500. The first-order chi connectivity index (χ1) is 15.0. The molecule has 4 rings (SSSR count). The second-order valence-corrected chi connectivity index (χ2v) is 9.48. The summed E-state index contributed by atoms with van der Waals surface area (Å²) in [5, 5.41) is 11.8.